The van der Waals surface area contributed by atoms with Crippen LogP contribution < -0.4 is 10.6 Å². The second-order valence-electron chi connectivity index (χ2n) is 6.63. The van der Waals surface area contributed by atoms with Crippen molar-refractivity contribution in [2.45, 2.75) is 19.4 Å². The Hall–Kier alpha value is -3.09. The molecule has 30 heavy (non-hydrogen) atoms. The standard InChI is InChI=1S/C23H20ClN3O2S/c1-2-17-14-18(23(30-17)27-22(28)19-9-6-12-29-19)21(15-7-5-8-16(24)13-15)26-20-10-3-4-11-25-20/h3-14,21H,2H2,1H3,(H,25,26)(H,27,28). The van der Waals surface area contributed by atoms with E-state index in [9.17, 15) is 4.79 Å². The summed E-state index contributed by atoms with van der Waals surface area (Å²) in [5.74, 6) is 0.716. The molecule has 0 aliphatic heterocycles. The van der Waals surface area contributed by atoms with Gasteiger partial charge in [0, 0.05) is 21.7 Å². The number of furan rings is 1. The summed E-state index contributed by atoms with van der Waals surface area (Å²) in [7, 11) is 0. The SMILES string of the molecule is CCc1cc(C(Nc2ccccn2)c2cccc(Cl)c2)c(NC(=O)c2ccco2)s1. The van der Waals surface area contributed by atoms with Gasteiger partial charge in [-0.2, -0.15) is 0 Å². The molecular weight excluding hydrogens is 418 g/mol. The minimum atomic E-state index is -0.284. The molecule has 0 aliphatic rings. The molecule has 0 saturated heterocycles. The van der Waals surface area contributed by atoms with Gasteiger partial charge in [-0.25, -0.2) is 4.98 Å². The first-order chi connectivity index (χ1) is 14.6. The van der Waals surface area contributed by atoms with Crippen molar-refractivity contribution in [3.05, 3.63) is 99.9 Å². The first kappa shape index (κ1) is 20.2. The normalized spacial score (nSPS) is 11.8. The number of halogens is 1. The average molecular weight is 438 g/mol. The summed E-state index contributed by atoms with van der Waals surface area (Å²) in [5, 5.41) is 7.91. The van der Waals surface area contributed by atoms with Crippen LogP contribution in [-0.4, -0.2) is 10.9 Å². The van der Waals surface area contributed by atoms with E-state index in [1.165, 1.54) is 6.26 Å². The smallest absolute Gasteiger partial charge is 0.291 e. The number of thiophene rings is 1. The van der Waals surface area contributed by atoms with Gasteiger partial charge in [0.05, 0.1) is 12.3 Å². The lowest BCUT2D eigenvalue weighted by Gasteiger charge is -2.21. The van der Waals surface area contributed by atoms with Gasteiger partial charge in [-0.15, -0.1) is 11.3 Å². The number of nitrogens with one attached hydrogen (secondary N) is 2. The number of rotatable bonds is 7. The molecule has 1 atom stereocenters. The Labute approximate surface area is 183 Å². The molecule has 3 aromatic heterocycles. The molecule has 4 aromatic rings. The largest absolute Gasteiger partial charge is 0.459 e. The highest BCUT2D eigenvalue weighted by molar-refractivity contribution is 7.16. The number of hydrogen-bond acceptors (Lipinski definition) is 5. The fraction of sp³-hybridized carbons (Fsp3) is 0.130. The third-order valence-electron chi connectivity index (χ3n) is 4.58. The zero-order valence-corrected chi connectivity index (χ0v) is 17.8. The van der Waals surface area contributed by atoms with Crippen LogP contribution in [0, 0.1) is 0 Å². The molecule has 7 heteroatoms. The molecule has 152 valence electrons. The van der Waals surface area contributed by atoms with Gasteiger partial charge in [0.15, 0.2) is 5.76 Å². The number of aryl methyl sites for hydroxylation is 1. The highest BCUT2D eigenvalue weighted by Gasteiger charge is 2.23. The monoisotopic (exact) mass is 437 g/mol. The van der Waals surface area contributed by atoms with Gasteiger partial charge in [0.1, 0.15) is 10.8 Å². The van der Waals surface area contributed by atoms with Gasteiger partial charge < -0.3 is 15.1 Å². The first-order valence-corrected chi connectivity index (χ1v) is 10.7. The summed E-state index contributed by atoms with van der Waals surface area (Å²) in [4.78, 5) is 18.2. The molecule has 0 fully saturated rings. The Bertz CT molecular complexity index is 1130. The van der Waals surface area contributed by atoms with E-state index >= 15 is 0 Å². The van der Waals surface area contributed by atoms with Crippen molar-refractivity contribution in [1.29, 1.82) is 0 Å². The number of benzene rings is 1. The summed E-state index contributed by atoms with van der Waals surface area (Å²) in [6.45, 7) is 2.09. The maximum Gasteiger partial charge on any atom is 0.291 e. The Balaban J connectivity index is 1.75. The lowest BCUT2D eigenvalue weighted by atomic mass is 9.99. The average Bonchev–Trinajstić information content (AvgIpc) is 3.43. The van der Waals surface area contributed by atoms with Gasteiger partial charge in [0.2, 0.25) is 0 Å². The molecule has 4 rings (SSSR count). The maximum absolute atomic E-state index is 12.6. The van der Waals surface area contributed by atoms with Crippen molar-refractivity contribution in [3.8, 4) is 0 Å². The lowest BCUT2D eigenvalue weighted by molar-refractivity contribution is 0.0997. The zero-order valence-electron chi connectivity index (χ0n) is 16.3. The molecule has 0 saturated carbocycles. The Morgan fingerprint density at radius 2 is 2.07 bits per heavy atom. The Morgan fingerprint density at radius 1 is 1.17 bits per heavy atom. The predicted octanol–water partition coefficient (Wildman–Crippen LogP) is 6.41. The third-order valence-corrected chi connectivity index (χ3v) is 6.03. The molecule has 1 aromatic carbocycles. The van der Waals surface area contributed by atoms with E-state index in [-0.39, 0.29) is 17.7 Å². The summed E-state index contributed by atoms with van der Waals surface area (Å²) in [6.07, 6.45) is 4.08. The number of nitrogens with zero attached hydrogens (tertiary/aromatic N) is 1. The molecule has 0 aliphatic carbocycles. The minimum absolute atomic E-state index is 0.248. The second kappa shape index (κ2) is 9.15. The molecule has 0 radical (unpaired) electrons. The van der Waals surface area contributed by atoms with Crippen LogP contribution in [0.1, 0.15) is 39.5 Å². The van der Waals surface area contributed by atoms with Crippen molar-refractivity contribution < 1.29 is 9.21 Å². The zero-order chi connectivity index (χ0) is 20.9. The van der Waals surface area contributed by atoms with Gasteiger partial charge >= 0.3 is 0 Å². The third kappa shape index (κ3) is 4.56. The molecule has 0 spiro atoms. The van der Waals surface area contributed by atoms with Gasteiger partial charge in [-0.05, 0) is 54.4 Å². The number of anilines is 2. The number of carbonyl (C=O) groups is 1. The minimum Gasteiger partial charge on any atom is -0.459 e. The first-order valence-electron chi connectivity index (χ1n) is 9.54. The number of carbonyl (C=O) groups excluding carboxylic acids is 1. The van der Waals surface area contributed by atoms with Gasteiger partial charge in [-0.1, -0.05) is 36.7 Å². The van der Waals surface area contributed by atoms with Crippen molar-refractivity contribution in [2.75, 3.05) is 10.6 Å². The molecule has 5 nitrogen and oxygen atoms in total. The quantitative estimate of drug-likeness (QED) is 0.350. The molecule has 1 amide bonds. The summed E-state index contributed by atoms with van der Waals surface area (Å²) in [6, 6.07) is 18.6. The van der Waals surface area contributed by atoms with E-state index in [2.05, 4.69) is 28.6 Å². The number of pyridine rings is 1. The Morgan fingerprint density at radius 3 is 2.77 bits per heavy atom. The topological polar surface area (TPSA) is 67.2 Å². The fourth-order valence-electron chi connectivity index (χ4n) is 3.14. The number of hydrogen-bond donors (Lipinski definition) is 2. The van der Waals surface area contributed by atoms with Crippen molar-refractivity contribution in [2.24, 2.45) is 0 Å². The van der Waals surface area contributed by atoms with Crippen LogP contribution in [0.5, 0.6) is 0 Å². The van der Waals surface area contributed by atoms with E-state index < -0.39 is 0 Å². The molecular formula is C23H20ClN3O2S. The lowest BCUT2D eigenvalue weighted by Crippen LogP contribution is -2.16. The molecule has 3 heterocycles. The summed E-state index contributed by atoms with van der Waals surface area (Å²) >= 11 is 7.84. The van der Waals surface area contributed by atoms with E-state index in [0.717, 1.165) is 33.2 Å². The number of aromatic nitrogens is 1. The van der Waals surface area contributed by atoms with Crippen LogP contribution in [0.25, 0.3) is 0 Å². The van der Waals surface area contributed by atoms with Crippen LogP contribution in [0.3, 0.4) is 0 Å². The van der Waals surface area contributed by atoms with E-state index in [1.807, 2.05) is 42.5 Å². The van der Waals surface area contributed by atoms with Gasteiger partial charge in [0.25, 0.3) is 5.91 Å². The van der Waals surface area contributed by atoms with E-state index in [0.29, 0.717) is 5.02 Å². The fourth-order valence-corrected chi connectivity index (χ4v) is 4.37. The Kier molecular flexibility index (Phi) is 6.16. The van der Waals surface area contributed by atoms with E-state index in [4.69, 9.17) is 16.0 Å². The molecule has 1 unspecified atom stereocenters. The summed E-state index contributed by atoms with van der Waals surface area (Å²) < 4.78 is 5.25. The van der Waals surface area contributed by atoms with Crippen LogP contribution in [-0.2, 0) is 6.42 Å². The summed E-state index contributed by atoms with van der Waals surface area (Å²) in [5.41, 5.74) is 1.92. The molecule has 0 bridgehead atoms. The van der Waals surface area contributed by atoms with E-state index in [1.54, 1.807) is 29.7 Å². The van der Waals surface area contributed by atoms with Gasteiger partial charge in [-0.3, -0.25) is 4.79 Å². The van der Waals surface area contributed by atoms with Crippen LogP contribution in [0.4, 0.5) is 10.8 Å². The second-order valence-corrected chi connectivity index (χ2v) is 8.20. The van der Waals surface area contributed by atoms with Crippen LogP contribution >= 0.6 is 22.9 Å². The van der Waals surface area contributed by atoms with Crippen molar-refractivity contribution >= 4 is 39.7 Å². The highest BCUT2D eigenvalue weighted by Crippen LogP contribution is 2.38. The highest BCUT2D eigenvalue weighted by atomic mass is 35.5. The maximum atomic E-state index is 12.6. The van der Waals surface area contributed by atoms with Crippen LogP contribution in [0.15, 0.2) is 77.5 Å². The number of amides is 1. The van der Waals surface area contributed by atoms with Crippen LogP contribution in [0.2, 0.25) is 5.02 Å². The van der Waals surface area contributed by atoms with Crippen molar-refractivity contribution in [1.82, 2.24) is 4.98 Å². The van der Waals surface area contributed by atoms with Crippen molar-refractivity contribution in [3.63, 3.8) is 0 Å². The molecule has 2 N–H and O–H groups in total. The predicted molar refractivity (Wildman–Crippen MR) is 122 cm³/mol.